The number of carboxylic acids is 1. The van der Waals surface area contributed by atoms with E-state index in [0.29, 0.717) is 11.8 Å². The van der Waals surface area contributed by atoms with Crippen molar-refractivity contribution in [2.75, 3.05) is 0 Å². The van der Waals surface area contributed by atoms with Gasteiger partial charge in [0.15, 0.2) is 0 Å². The third-order valence-corrected chi connectivity index (χ3v) is 9.47. The Morgan fingerprint density at radius 1 is 1.31 bits per heavy atom. The lowest BCUT2D eigenvalue weighted by molar-refractivity contribution is -0.140. The lowest BCUT2D eigenvalue weighted by Gasteiger charge is -2.35. The summed E-state index contributed by atoms with van der Waals surface area (Å²) in [4.78, 5) is 11.5. The Balaban J connectivity index is 2.15. The first kappa shape index (κ1) is 10.6. The maximum absolute atomic E-state index is 11.5. The Labute approximate surface area is 97.7 Å². The number of carboxylic acid groups (broad SMARTS) is 1. The Bertz CT molecular complexity index is 409. The van der Waals surface area contributed by atoms with Gasteiger partial charge in [0.05, 0.1) is 14.0 Å². The van der Waals surface area contributed by atoms with E-state index in [9.17, 15) is 9.90 Å². The zero-order chi connectivity index (χ0) is 11.9. The van der Waals surface area contributed by atoms with Gasteiger partial charge in [-0.25, -0.2) is 0 Å². The van der Waals surface area contributed by atoms with Crippen LogP contribution in [-0.2, 0) is 4.79 Å². The van der Waals surface area contributed by atoms with Crippen molar-refractivity contribution in [1.82, 2.24) is 0 Å². The van der Waals surface area contributed by atoms with Crippen LogP contribution in [0.4, 0.5) is 0 Å². The average Bonchev–Trinajstić information content (AvgIpc) is 2.47. The second-order valence-corrected chi connectivity index (χ2v) is 12.3. The van der Waals surface area contributed by atoms with Gasteiger partial charge in [-0.05, 0) is 28.7 Å². The zero-order valence-electron chi connectivity index (χ0n) is 10.4. The average molecular weight is 236 g/mol. The molecule has 0 heterocycles. The van der Waals surface area contributed by atoms with Gasteiger partial charge in [-0.1, -0.05) is 38.7 Å². The minimum atomic E-state index is -1.46. The van der Waals surface area contributed by atoms with Gasteiger partial charge in [0, 0.05) is 0 Å². The summed E-state index contributed by atoms with van der Waals surface area (Å²) in [7, 11) is -1.46. The van der Waals surface area contributed by atoms with Crippen LogP contribution in [0.15, 0.2) is 12.2 Å². The number of carbonyl (C=O) groups is 1. The Morgan fingerprint density at radius 3 is 2.31 bits per heavy atom. The van der Waals surface area contributed by atoms with E-state index in [1.54, 1.807) is 0 Å². The van der Waals surface area contributed by atoms with Crippen LogP contribution in [0.25, 0.3) is 0 Å². The Morgan fingerprint density at radius 2 is 1.88 bits per heavy atom. The van der Waals surface area contributed by atoms with Crippen molar-refractivity contribution in [3.05, 3.63) is 12.2 Å². The minimum Gasteiger partial charge on any atom is -0.481 e. The quantitative estimate of drug-likeness (QED) is 0.591. The molecule has 0 aromatic rings. The molecule has 3 aliphatic carbocycles. The lowest BCUT2D eigenvalue weighted by atomic mass is 9.90. The topological polar surface area (TPSA) is 37.3 Å². The fourth-order valence-corrected chi connectivity index (χ4v) is 10.0. The van der Waals surface area contributed by atoms with Crippen molar-refractivity contribution >= 4 is 14.0 Å². The normalized spacial score (nSPS) is 52.9. The predicted molar refractivity (Wildman–Crippen MR) is 66.0 cm³/mol. The van der Waals surface area contributed by atoms with Gasteiger partial charge in [-0.2, -0.15) is 0 Å². The molecule has 0 aromatic heterocycles. The lowest BCUT2D eigenvalue weighted by Crippen LogP contribution is -2.37. The van der Waals surface area contributed by atoms with E-state index >= 15 is 0 Å². The van der Waals surface area contributed by atoms with E-state index in [-0.39, 0.29) is 16.4 Å². The van der Waals surface area contributed by atoms with Gasteiger partial charge < -0.3 is 5.11 Å². The summed E-state index contributed by atoms with van der Waals surface area (Å²) in [6.07, 6.45) is 5.81. The highest BCUT2D eigenvalue weighted by molar-refractivity contribution is 6.81. The van der Waals surface area contributed by atoms with Crippen molar-refractivity contribution in [3.8, 4) is 0 Å². The largest absolute Gasteiger partial charge is 0.481 e. The SMILES string of the molecule is C[C@@]12[C@@H](C(=O)O)[C@@]1([Si](C)(C)C)[C@H]1C=C[C@H]2C1. The van der Waals surface area contributed by atoms with Crippen molar-refractivity contribution in [1.29, 1.82) is 0 Å². The molecule has 0 saturated heterocycles. The molecule has 0 aromatic carbocycles. The summed E-state index contributed by atoms with van der Waals surface area (Å²) in [5, 5.41) is 9.65. The van der Waals surface area contributed by atoms with Crippen molar-refractivity contribution in [2.45, 2.75) is 38.0 Å². The predicted octanol–water partition coefficient (Wildman–Crippen LogP) is 2.99. The maximum Gasteiger partial charge on any atom is 0.307 e. The number of fused-ring (bicyclic) bond motifs is 5. The molecular weight excluding hydrogens is 216 g/mol. The molecule has 2 saturated carbocycles. The summed E-state index contributed by atoms with van der Waals surface area (Å²) >= 11 is 0. The van der Waals surface area contributed by atoms with Gasteiger partial charge in [-0.15, -0.1) is 0 Å². The van der Waals surface area contributed by atoms with Crippen molar-refractivity contribution in [3.63, 3.8) is 0 Å². The molecule has 0 aliphatic heterocycles. The van der Waals surface area contributed by atoms with Crippen molar-refractivity contribution in [2.24, 2.45) is 23.2 Å². The van der Waals surface area contributed by atoms with E-state index in [1.165, 1.54) is 6.42 Å². The number of rotatable bonds is 2. The molecule has 3 rings (SSSR count). The number of aliphatic carboxylic acids is 1. The molecule has 5 atom stereocenters. The first-order valence-corrected chi connectivity index (χ1v) is 9.69. The Hall–Kier alpha value is -0.573. The van der Waals surface area contributed by atoms with Crippen LogP contribution in [-0.4, -0.2) is 19.1 Å². The minimum absolute atomic E-state index is 0.0721. The molecule has 0 spiro atoms. The molecule has 2 nitrogen and oxygen atoms in total. The summed E-state index contributed by atoms with van der Waals surface area (Å²) in [5.74, 6) is 0.453. The smallest absolute Gasteiger partial charge is 0.307 e. The second kappa shape index (κ2) is 2.47. The van der Waals surface area contributed by atoms with E-state index in [2.05, 4.69) is 38.7 Å². The first-order valence-electron chi connectivity index (χ1n) is 6.19. The third-order valence-electron chi connectivity index (χ3n) is 5.79. The molecule has 0 radical (unpaired) electrons. The molecular formula is C13H20O2Si. The highest BCUT2D eigenvalue weighted by Gasteiger charge is 2.88. The highest BCUT2D eigenvalue weighted by atomic mass is 28.3. The van der Waals surface area contributed by atoms with Crippen LogP contribution in [0.5, 0.6) is 0 Å². The van der Waals surface area contributed by atoms with Gasteiger partial charge in [-0.3, -0.25) is 4.79 Å². The molecule has 2 bridgehead atoms. The maximum atomic E-state index is 11.5. The zero-order valence-corrected chi connectivity index (χ0v) is 11.4. The monoisotopic (exact) mass is 236 g/mol. The summed E-state index contributed by atoms with van der Waals surface area (Å²) in [6, 6.07) is 0. The summed E-state index contributed by atoms with van der Waals surface area (Å²) in [6.45, 7) is 9.28. The number of hydrogen-bond donors (Lipinski definition) is 1. The van der Waals surface area contributed by atoms with E-state index in [0.717, 1.165) is 0 Å². The highest BCUT2D eigenvalue weighted by Crippen LogP contribution is 2.91. The Kier molecular flexibility index (Phi) is 1.63. The van der Waals surface area contributed by atoms with E-state index in [4.69, 9.17) is 0 Å². The second-order valence-electron chi connectivity index (χ2n) is 7.01. The standard InChI is InChI=1S/C13H20O2Si/c1-12-8-5-6-9(7-8)13(12,16(2,3)4)10(12)11(14)15/h5-6,8-10H,7H2,1-4H3,(H,14,15)/t8-,9-,10+,12+,13-/m0/s1. The van der Waals surface area contributed by atoms with Crippen LogP contribution < -0.4 is 0 Å². The molecule has 3 aliphatic rings. The van der Waals surface area contributed by atoms with Gasteiger partial charge >= 0.3 is 5.97 Å². The molecule has 3 heteroatoms. The van der Waals surface area contributed by atoms with Crippen LogP contribution >= 0.6 is 0 Å². The third kappa shape index (κ3) is 0.754. The molecule has 2 fully saturated rings. The molecule has 1 N–H and O–H groups in total. The fourth-order valence-electron chi connectivity index (χ4n) is 5.53. The van der Waals surface area contributed by atoms with E-state index < -0.39 is 14.0 Å². The van der Waals surface area contributed by atoms with Gasteiger partial charge in [0.2, 0.25) is 0 Å². The van der Waals surface area contributed by atoms with Crippen molar-refractivity contribution < 1.29 is 9.90 Å². The van der Waals surface area contributed by atoms with E-state index in [1.807, 2.05) is 0 Å². The molecule has 88 valence electrons. The number of allylic oxidation sites excluding steroid dienone is 2. The molecule has 16 heavy (non-hydrogen) atoms. The van der Waals surface area contributed by atoms with Crippen LogP contribution in [0.2, 0.25) is 24.7 Å². The molecule has 0 amide bonds. The van der Waals surface area contributed by atoms with Crippen LogP contribution in [0, 0.1) is 23.2 Å². The molecule has 0 unspecified atom stereocenters. The van der Waals surface area contributed by atoms with Crippen LogP contribution in [0.3, 0.4) is 0 Å². The van der Waals surface area contributed by atoms with Gasteiger partial charge in [0.25, 0.3) is 0 Å². The fraction of sp³-hybridized carbons (Fsp3) is 0.769. The van der Waals surface area contributed by atoms with Crippen LogP contribution in [0.1, 0.15) is 13.3 Å². The summed E-state index contributed by atoms with van der Waals surface area (Å²) in [5.41, 5.74) is 0.0721. The number of hydrogen-bond acceptors (Lipinski definition) is 1. The summed E-state index contributed by atoms with van der Waals surface area (Å²) < 4.78 is 0. The first-order chi connectivity index (χ1) is 7.28. The van der Waals surface area contributed by atoms with Gasteiger partial charge in [0.1, 0.15) is 0 Å².